The zero-order valence-electron chi connectivity index (χ0n) is 12.8. The van der Waals surface area contributed by atoms with Crippen molar-refractivity contribution >= 4 is 23.3 Å². The van der Waals surface area contributed by atoms with Gasteiger partial charge in [0.2, 0.25) is 0 Å². The fraction of sp³-hybridized carbons (Fsp3) is 0.267. The highest BCUT2D eigenvalue weighted by Gasteiger charge is 2.44. The SMILES string of the molecule is CC(=O)C1=C(O)C(=O)N([C@H](C)C(=O)[O-])[C@@H]1c1ccc([N+](=O)[O-])cc1. The number of hydrogen-bond acceptors (Lipinski definition) is 7. The van der Waals surface area contributed by atoms with Gasteiger partial charge in [-0.05, 0) is 31.5 Å². The van der Waals surface area contributed by atoms with Crippen LogP contribution in [0.15, 0.2) is 35.6 Å². The van der Waals surface area contributed by atoms with Crippen molar-refractivity contribution in [2.45, 2.75) is 25.9 Å². The number of ketones is 1. The second kappa shape index (κ2) is 6.11. The molecule has 0 aromatic heterocycles. The van der Waals surface area contributed by atoms with E-state index in [1.165, 1.54) is 19.1 Å². The van der Waals surface area contributed by atoms with Crippen LogP contribution in [-0.2, 0) is 14.4 Å². The molecule has 1 aliphatic heterocycles. The third-order valence-corrected chi connectivity index (χ3v) is 3.80. The average molecular weight is 333 g/mol. The molecule has 0 fully saturated rings. The summed E-state index contributed by atoms with van der Waals surface area (Å²) in [4.78, 5) is 46.1. The summed E-state index contributed by atoms with van der Waals surface area (Å²) >= 11 is 0. The van der Waals surface area contributed by atoms with Crippen LogP contribution in [-0.4, -0.2) is 38.6 Å². The molecule has 2 rings (SSSR count). The van der Waals surface area contributed by atoms with Crippen LogP contribution in [0.3, 0.4) is 0 Å². The van der Waals surface area contributed by atoms with Crippen molar-refractivity contribution in [3.8, 4) is 0 Å². The Morgan fingerprint density at radius 1 is 1.29 bits per heavy atom. The van der Waals surface area contributed by atoms with Crippen LogP contribution in [0.5, 0.6) is 0 Å². The Hall–Kier alpha value is -3.23. The third-order valence-electron chi connectivity index (χ3n) is 3.80. The van der Waals surface area contributed by atoms with Gasteiger partial charge in [-0.1, -0.05) is 0 Å². The van der Waals surface area contributed by atoms with Gasteiger partial charge in [-0.25, -0.2) is 0 Å². The predicted molar refractivity (Wildman–Crippen MR) is 77.5 cm³/mol. The molecule has 1 aromatic rings. The summed E-state index contributed by atoms with van der Waals surface area (Å²) in [6.07, 6.45) is 0. The molecule has 0 bridgehead atoms. The monoisotopic (exact) mass is 333 g/mol. The van der Waals surface area contributed by atoms with Crippen LogP contribution in [0.4, 0.5) is 5.69 Å². The molecule has 2 atom stereocenters. The van der Waals surface area contributed by atoms with Gasteiger partial charge < -0.3 is 19.9 Å². The number of benzene rings is 1. The first-order chi connectivity index (χ1) is 11.2. The highest BCUT2D eigenvalue weighted by molar-refractivity contribution is 6.09. The van der Waals surface area contributed by atoms with E-state index in [1.807, 2.05) is 0 Å². The van der Waals surface area contributed by atoms with Crippen molar-refractivity contribution in [1.82, 2.24) is 4.90 Å². The lowest BCUT2D eigenvalue weighted by atomic mass is 9.96. The van der Waals surface area contributed by atoms with Gasteiger partial charge in [0.15, 0.2) is 11.5 Å². The van der Waals surface area contributed by atoms with Crippen LogP contribution in [0.1, 0.15) is 25.5 Å². The summed E-state index contributed by atoms with van der Waals surface area (Å²) in [6.45, 7) is 2.31. The number of aliphatic carboxylic acids is 1. The minimum Gasteiger partial charge on any atom is -0.548 e. The number of carboxylic acids is 1. The molecule has 9 heteroatoms. The highest BCUT2D eigenvalue weighted by atomic mass is 16.6. The molecule has 126 valence electrons. The maximum Gasteiger partial charge on any atom is 0.290 e. The van der Waals surface area contributed by atoms with Crippen LogP contribution in [0.25, 0.3) is 0 Å². The molecule has 0 saturated carbocycles. The number of hydrogen-bond donors (Lipinski definition) is 1. The van der Waals surface area contributed by atoms with Crippen molar-refractivity contribution in [3.63, 3.8) is 0 Å². The van der Waals surface area contributed by atoms with E-state index in [2.05, 4.69) is 0 Å². The quantitative estimate of drug-likeness (QED) is 0.591. The van der Waals surface area contributed by atoms with Crippen LogP contribution in [0.2, 0.25) is 0 Å². The maximum absolute atomic E-state index is 12.2. The van der Waals surface area contributed by atoms with Gasteiger partial charge in [-0.2, -0.15) is 0 Å². The van der Waals surface area contributed by atoms with Crippen LogP contribution >= 0.6 is 0 Å². The summed E-state index contributed by atoms with van der Waals surface area (Å²) < 4.78 is 0. The summed E-state index contributed by atoms with van der Waals surface area (Å²) in [7, 11) is 0. The second-order valence-corrected chi connectivity index (χ2v) is 5.28. The average Bonchev–Trinajstić information content (AvgIpc) is 2.78. The van der Waals surface area contributed by atoms with E-state index in [4.69, 9.17) is 0 Å². The van der Waals surface area contributed by atoms with Crippen molar-refractivity contribution in [1.29, 1.82) is 0 Å². The zero-order valence-corrected chi connectivity index (χ0v) is 12.8. The molecule has 0 radical (unpaired) electrons. The Labute approximate surface area is 136 Å². The van der Waals surface area contributed by atoms with Crippen molar-refractivity contribution in [2.24, 2.45) is 0 Å². The normalized spacial score (nSPS) is 18.7. The summed E-state index contributed by atoms with van der Waals surface area (Å²) in [5, 5.41) is 31.8. The number of carbonyl (C=O) groups is 3. The minimum absolute atomic E-state index is 0.208. The molecule has 1 heterocycles. The Bertz CT molecular complexity index is 767. The summed E-state index contributed by atoms with van der Waals surface area (Å²) in [5.74, 6) is -4.02. The van der Waals surface area contributed by atoms with Crippen LogP contribution in [0, 0.1) is 10.1 Å². The number of nitro benzene ring substituents is 1. The first-order valence-electron chi connectivity index (χ1n) is 6.88. The molecular weight excluding hydrogens is 320 g/mol. The van der Waals surface area contributed by atoms with Gasteiger partial charge in [0.1, 0.15) is 0 Å². The van der Waals surface area contributed by atoms with Gasteiger partial charge in [0, 0.05) is 12.1 Å². The molecule has 1 amide bonds. The van der Waals surface area contributed by atoms with Gasteiger partial charge in [0.05, 0.1) is 28.5 Å². The lowest BCUT2D eigenvalue weighted by Gasteiger charge is -2.32. The number of carbonyl (C=O) groups excluding carboxylic acids is 3. The molecule has 0 unspecified atom stereocenters. The topological polar surface area (TPSA) is 141 Å². The molecule has 1 aliphatic rings. The van der Waals surface area contributed by atoms with E-state index in [9.17, 15) is 34.7 Å². The fourth-order valence-corrected chi connectivity index (χ4v) is 2.60. The number of amides is 1. The minimum atomic E-state index is -1.56. The standard InChI is InChI=1S/C15H14N2O7/c1-7(15(21)22)16-12(11(8(2)18)13(19)14(16)20)9-3-5-10(6-4-9)17(23)24/h3-7,12,19H,1-2H3,(H,21,22)/p-1/t7-,12-/m1/s1. The number of carboxylic acid groups (broad SMARTS) is 1. The van der Waals surface area contributed by atoms with E-state index < -0.39 is 40.4 Å². The molecule has 0 aliphatic carbocycles. The Balaban J connectivity index is 2.58. The number of aliphatic hydroxyl groups excluding tert-OH is 1. The van der Waals surface area contributed by atoms with Crippen molar-refractivity contribution in [2.75, 3.05) is 0 Å². The zero-order chi connectivity index (χ0) is 18.2. The van der Waals surface area contributed by atoms with Gasteiger partial charge in [0.25, 0.3) is 11.6 Å². The largest absolute Gasteiger partial charge is 0.548 e. The summed E-state index contributed by atoms with van der Waals surface area (Å²) in [6, 6.07) is 2.34. The smallest absolute Gasteiger partial charge is 0.290 e. The van der Waals surface area contributed by atoms with Crippen molar-refractivity contribution in [3.05, 3.63) is 51.3 Å². The molecule has 0 spiro atoms. The van der Waals surface area contributed by atoms with E-state index in [0.717, 1.165) is 24.0 Å². The van der Waals surface area contributed by atoms with Crippen LogP contribution < -0.4 is 5.11 Å². The summed E-state index contributed by atoms with van der Waals surface area (Å²) in [5.41, 5.74) is -0.210. The number of rotatable bonds is 5. The second-order valence-electron chi connectivity index (χ2n) is 5.28. The first-order valence-corrected chi connectivity index (χ1v) is 6.88. The maximum atomic E-state index is 12.2. The lowest BCUT2D eigenvalue weighted by Crippen LogP contribution is -2.48. The fourth-order valence-electron chi connectivity index (χ4n) is 2.60. The Kier molecular flexibility index (Phi) is 4.36. The Morgan fingerprint density at radius 2 is 1.83 bits per heavy atom. The molecule has 1 aromatic carbocycles. The van der Waals surface area contributed by atoms with Gasteiger partial charge in [-0.15, -0.1) is 0 Å². The first kappa shape index (κ1) is 17.1. The Morgan fingerprint density at radius 3 is 2.25 bits per heavy atom. The lowest BCUT2D eigenvalue weighted by molar-refractivity contribution is -0.384. The van der Waals surface area contributed by atoms with E-state index in [0.29, 0.717) is 0 Å². The third kappa shape index (κ3) is 2.71. The number of Topliss-reactive ketones (excluding diaryl/α,β-unsaturated/α-hetero) is 1. The van der Waals surface area contributed by atoms with E-state index >= 15 is 0 Å². The van der Waals surface area contributed by atoms with E-state index in [-0.39, 0.29) is 16.8 Å². The molecule has 9 nitrogen and oxygen atoms in total. The molecule has 1 N–H and O–H groups in total. The predicted octanol–water partition coefficient (Wildman–Crippen LogP) is 0.0176. The number of non-ortho nitro benzene ring substituents is 1. The number of aliphatic hydroxyl groups is 1. The van der Waals surface area contributed by atoms with Gasteiger partial charge in [-0.3, -0.25) is 19.7 Å². The van der Waals surface area contributed by atoms with E-state index in [1.54, 1.807) is 0 Å². The molecular formula is C15H13N2O7-. The van der Waals surface area contributed by atoms with Gasteiger partial charge >= 0.3 is 0 Å². The van der Waals surface area contributed by atoms with Crippen molar-refractivity contribution < 1.29 is 29.5 Å². The number of nitrogens with zero attached hydrogens (tertiary/aromatic N) is 2. The highest BCUT2D eigenvalue weighted by Crippen LogP contribution is 2.39. The number of nitro groups is 1. The molecule has 24 heavy (non-hydrogen) atoms. The molecule has 0 saturated heterocycles.